The highest BCUT2D eigenvalue weighted by Gasteiger charge is 2.39. The molecule has 6 heteroatoms. The molecule has 176 valence electrons. The monoisotopic (exact) mass is 457 g/mol. The van der Waals surface area contributed by atoms with E-state index in [-0.39, 0.29) is 11.9 Å². The lowest BCUT2D eigenvalue weighted by atomic mass is 10.1. The van der Waals surface area contributed by atoms with E-state index >= 15 is 0 Å². The molecular weight excluding hydrogens is 426 g/mol. The normalized spacial score (nSPS) is 15.3. The number of methoxy groups -OCH3 is 2. The van der Waals surface area contributed by atoms with Gasteiger partial charge in [-0.05, 0) is 54.8 Å². The molecule has 0 aliphatic carbocycles. The molecule has 6 nitrogen and oxygen atoms in total. The number of para-hydroxylation sites is 1. The van der Waals surface area contributed by atoms with Gasteiger partial charge in [0.25, 0.3) is 0 Å². The zero-order valence-electron chi connectivity index (χ0n) is 20.2. The minimum Gasteiger partial charge on any atom is -0.493 e. The lowest BCUT2D eigenvalue weighted by Gasteiger charge is -2.32. The molecule has 1 aliphatic rings. The lowest BCUT2D eigenvalue weighted by Crippen LogP contribution is -2.37. The van der Waals surface area contributed by atoms with Crippen molar-refractivity contribution in [2.45, 2.75) is 39.3 Å². The van der Waals surface area contributed by atoms with Gasteiger partial charge in [-0.3, -0.25) is 9.69 Å². The van der Waals surface area contributed by atoms with Gasteiger partial charge < -0.3 is 9.47 Å². The largest absolute Gasteiger partial charge is 0.493 e. The van der Waals surface area contributed by atoms with E-state index in [1.165, 1.54) is 5.56 Å². The second-order valence-corrected chi connectivity index (χ2v) is 8.29. The summed E-state index contributed by atoms with van der Waals surface area (Å²) in [5.41, 5.74) is 4.01. The number of hydrogen-bond acceptors (Lipinski definition) is 6. The molecule has 1 aliphatic heterocycles. The van der Waals surface area contributed by atoms with E-state index in [1.807, 2.05) is 58.4 Å². The SMILES string of the molecule is CCCCc1ccc(N2C(C(C)=O)=NN(c3ccccc3)[C@@H]2c2ccc(OC)c(OC)c2)cc1. The van der Waals surface area contributed by atoms with Gasteiger partial charge in [-0.15, -0.1) is 5.10 Å². The average molecular weight is 458 g/mol. The van der Waals surface area contributed by atoms with Gasteiger partial charge in [0, 0.05) is 18.2 Å². The molecule has 0 saturated carbocycles. The van der Waals surface area contributed by atoms with E-state index in [0.717, 1.165) is 36.2 Å². The minimum atomic E-state index is -0.373. The third kappa shape index (κ3) is 4.62. The molecule has 0 fully saturated rings. The average Bonchev–Trinajstić information content (AvgIpc) is 3.29. The Morgan fingerprint density at radius 1 is 0.912 bits per heavy atom. The number of nitrogens with zero attached hydrogens (tertiary/aromatic N) is 3. The Bertz CT molecular complexity index is 1160. The molecule has 0 radical (unpaired) electrons. The molecule has 3 aromatic rings. The van der Waals surface area contributed by atoms with E-state index in [4.69, 9.17) is 14.6 Å². The summed E-state index contributed by atoms with van der Waals surface area (Å²) in [6.45, 7) is 3.75. The molecule has 1 atom stereocenters. The first-order chi connectivity index (χ1) is 16.6. The Morgan fingerprint density at radius 2 is 1.62 bits per heavy atom. The van der Waals surface area contributed by atoms with Gasteiger partial charge in [0.15, 0.2) is 29.3 Å². The van der Waals surface area contributed by atoms with E-state index in [0.29, 0.717) is 17.3 Å². The van der Waals surface area contributed by atoms with Gasteiger partial charge in [0.05, 0.1) is 19.9 Å². The Kier molecular flexibility index (Phi) is 7.16. The Hall–Kier alpha value is -3.80. The van der Waals surface area contributed by atoms with Gasteiger partial charge in [-0.25, -0.2) is 5.01 Å². The molecular formula is C28H31N3O3. The van der Waals surface area contributed by atoms with Crippen LogP contribution in [-0.4, -0.2) is 25.8 Å². The maximum Gasteiger partial charge on any atom is 0.198 e. The van der Waals surface area contributed by atoms with Gasteiger partial charge in [0.2, 0.25) is 0 Å². The van der Waals surface area contributed by atoms with E-state index in [1.54, 1.807) is 21.1 Å². The number of anilines is 2. The third-order valence-corrected chi connectivity index (χ3v) is 5.98. The molecule has 0 unspecified atom stereocenters. The van der Waals surface area contributed by atoms with Crippen molar-refractivity contribution < 1.29 is 14.3 Å². The van der Waals surface area contributed by atoms with Crippen LogP contribution in [0.2, 0.25) is 0 Å². The van der Waals surface area contributed by atoms with Crippen molar-refractivity contribution in [3.8, 4) is 11.5 Å². The second kappa shape index (κ2) is 10.4. The molecule has 0 spiro atoms. The first kappa shape index (κ1) is 23.4. The van der Waals surface area contributed by atoms with Crippen LogP contribution in [0.5, 0.6) is 11.5 Å². The fourth-order valence-electron chi connectivity index (χ4n) is 4.22. The highest BCUT2D eigenvalue weighted by molar-refractivity contribution is 6.44. The van der Waals surface area contributed by atoms with Crippen LogP contribution in [0.1, 0.15) is 44.0 Å². The van der Waals surface area contributed by atoms with Gasteiger partial charge in [-0.2, -0.15) is 0 Å². The zero-order chi connectivity index (χ0) is 24.1. The molecule has 0 bridgehead atoms. The number of amidine groups is 1. The third-order valence-electron chi connectivity index (χ3n) is 5.98. The number of carbonyl (C=O) groups is 1. The summed E-state index contributed by atoms with van der Waals surface area (Å²) >= 11 is 0. The Labute approximate surface area is 201 Å². The zero-order valence-corrected chi connectivity index (χ0v) is 20.2. The number of hydrazone groups is 1. The summed E-state index contributed by atoms with van der Waals surface area (Å²) in [6.07, 6.45) is 2.98. The summed E-state index contributed by atoms with van der Waals surface area (Å²) in [4.78, 5) is 14.8. The summed E-state index contributed by atoms with van der Waals surface area (Å²) in [6, 6.07) is 24.1. The summed E-state index contributed by atoms with van der Waals surface area (Å²) in [7, 11) is 3.24. The Balaban J connectivity index is 1.84. The summed E-state index contributed by atoms with van der Waals surface area (Å²) < 4.78 is 11.0. The number of ether oxygens (including phenoxy) is 2. The van der Waals surface area contributed by atoms with Crippen molar-refractivity contribution in [3.63, 3.8) is 0 Å². The van der Waals surface area contributed by atoms with Crippen LogP contribution < -0.4 is 19.4 Å². The number of benzene rings is 3. The van der Waals surface area contributed by atoms with Crippen LogP contribution in [0.15, 0.2) is 77.9 Å². The molecule has 0 amide bonds. The number of rotatable bonds is 9. The van der Waals surface area contributed by atoms with E-state index < -0.39 is 0 Å². The van der Waals surface area contributed by atoms with Crippen molar-refractivity contribution in [1.82, 2.24) is 0 Å². The lowest BCUT2D eigenvalue weighted by molar-refractivity contribution is -0.111. The molecule has 34 heavy (non-hydrogen) atoms. The van der Waals surface area contributed by atoms with Gasteiger partial charge >= 0.3 is 0 Å². The van der Waals surface area contributed by atoms with Gasteiger partial charge in [-0.1, -0.05) is 49.7 Å². The van der Waals surface area contributed by atoms with Crippen molar-refractivity contribution in [2.75, 3.05) is 24.1 Å². The minimum absolute atomic E-state index is 0.0982. The molecule has 1 heterocycles. The first-order valence-electron chi connectivity index (χ1n) is 11.6. The van der Waals surface area contributed by atoms with E-state index in [2.05, 4.69) is 31.2 Å². The molecule has 0 aromatic heterocycles. The highest BCUT2D eigenvalue weighted by atomic mass is 16.5. The number of aryl methyl sites for hydroxylation is 1. The van der Waals surface area contributed by atoms with Crippen LogP contribution in [0, 0.1) is 0 Å². The maximum absolute atomic E-state index is 12.8. The fraction of sp³-hybridized carbons (Fsp3) is 0.286. The quantitative estimate of drug-likeness (QED) is 0.396. The van der Waals surface area contributed by atoms with Crippen LogP contribution in [0.3, 0.4) is 0 Å². The maximum atomic E-state index is 12.8. The predicted octanol–water partition coefficient (Wildman–Crippen LogP) is 5.97. The topological polar surface area (TPSA) is 54.4 Å². The van der Waals surface area contributed by atoms with Crippen molar-refractivity contribution in [2.24, 2.45) is 5.10 Å². The number of hydrogen-bond donors (Lipinski definition) is 0. The number of unbranched alkanes of at least 4 members (excludes halogenated alkanes) is 1. The van der Waals surface area contributed by atoms with Crippen LogP contribution in [-0.2, 0) is 11.2 Å². The molecule has 0 N–H and O–H groups in total. The van der Waals surface area contributed by atoms with Crippen molar-refractivity contribution in [1.29, 1.82) is 0 Å². The van der Waals surface area contributed by atoms with E-state index in [9.17, 15) is 4.79 Å². The first-order valence-corrected chi connectivity index (χ1v) is 11.6. The van der Waals surface area contributed by atoms with Crippen LogP contribution in [0.4, 0.5) is 11.4 Å². The summed E-state index contributed by atoms with van der Waals surface area (Å²) in [5.74, 6) is 1.57. The highest BCUT2D eigenvalue weighted by Crippen LogP contribution is 2.41. The smallest absolute Gasteiger partial charge is 0.198 e. The van der Waals surface area contributed by atoms with Crippen LogP contribution in [0.25, 0.3) is 0 Å². The standard InChI is InChI=1S/C28H31N3O3/c1-5-6-10-21-13-16-23(17-14-21)30-27(20(2)32)29-31(24-11-8-7-9-12-24)28(30)22-15-18-25(33-3)26(19-22)34-4/h7-9,11-19,28H,5-6,10H2,1-4H3/t28-/m1/s1. The number of carbonyl (C=O) groups excluding carboxylic acids is 1. The van der Waals surface area contributed by atoms with Crippen LogP contribution >= 0.6 is 0 Å². The molecule has 0 saturated heterocycles. The molecule has 4 rings (SSSR count). The number of Topliss-reactive ketones (excluding diaryl/α,β-unsaturated/α-hetero) is 1. The Morgan fingerprint density at radius 3 is 2.24 bits per heavy atom. The van der Waals surface area contributed by atoms with Crippen molar-refractivity contribution >= 4 is 23.0 Å². The summed E-state index contributed by atoms with van der Waals surface area (Å²) in [5, 5.41) is 6.69. The second-order valence-electron chi connectivity index (χ2n) is 8.29. The fourth-order valence-corrected chi connectivity index (χ4v) is 4.22. The number of ketones is 1. The van der Waals surface area contributed by atoms with Gasteiger partial charge in [0.1, 0.15) is 0 Å². The predicted molar refractivity (Wildman–Crippen MR) is 137 cm³/mol. The van der Waals surface area contributed by atoms with Crippen molar-refractivity contribution in [3.05, 3.63) is 83.9 Å². The molecule has 3 aromatic carbocycles.